The zero-order valence-corrected chi connectivity index (χ0v) is 8.45. The van der Waals surface area contributed by atoms with Crippen molar-refractivity contribution in [3.05, 3.63) is 11.1 Å². The van der Waals surface area contributed by atoms with Crippen molar-refractivity contribution in [3.63, 3.8) is 0 Å². The fourth-order valence-corrected chi connectivity index (χ4v) is 1.67. The fourth-order valence-electron chi connectivity index (χ4n) is 0.666. The molecule has 0 N–H and O–H groups in total. The monoisotopic (exact) mass is 204 g/mol. The molecule has 5 heteroatoms. The van der Waals surface area contributed by atoms with Crippen molar-refractivity contribution in [1.82, 2.24) is 4.98 Å². The lowest BCUT2D eigenvalue weighted by Gasteiger charge is -2.04. The first-order chi connectivity index (χ1) is 5.65. The third kappa shape index (κ3) is 1.95. The molecule has 0 aromatic carbocycles. The molecule has 12 heavy (non-hydrogen) atoms. The molecule has 1 heterocycles. The van der Waals surface area contributed by atoms with Crippen LogP contribution in [0.4, 0.5) is 5.13 Å². The van der Waals surface area contributed by atoms with E-state index in [1.807, 2.05) is 19.0 Å². The molecule has 0 aliphatic rings. The number of ketones is 1. The molecule has 1 aromatic rings. The number of hydrogen-bond acceptors (Lipinski definition) is 4. The highest BCUT2D eigenvalue weighted by atomic mass is 35.5. The number of carbonyl (C=O) groups excluding carboxylic acids is 1. The van der Waals surface area contributed by atoms with Crippen LogP contribution in [0.2, 0.25) is 0 Å². The molecule has 1 aromatic heterocycles. The Morgan fingerprint density at radius 1 is 1.75 bits per heavy atom. The Kier molecular flexibility index (Phi) is 3.05. The molecule has 0 amide bonds. The Hall–Kier alpha value is -0.610. The highest BCUT2D eigenvalue weighted by Gasteiger charge is 2.09. The van der Waals surface area contributed by atoms with Gasteiger partial charge in [-0.2, -0.15) is 0 Å². The molecule has 66 valence electrons. The second-order valence-corrected chi connectivity index (χ2v) is 3.73. The van der Waals surface area contributed by atoms with Gasteiger partial charge in [0.2, 0.25) is 0 Å². The van der Waals surface area contributed by atoms with Crippen LogP contribution < -0.4 is 4.90 Å². The van der Waals surface area contributed by atoms with Crippen molar-refractivity contribution >= 4 is 33.9 Å². The first-order valence-electron chi connectivity index (χ1n) is 3.37. The molecule has 0 saturated heterocycles. The lowest BCUT2D eigenvalue weighted by molar-refractivity contribution is 0.102. The van der Waals surface area contributed by atoms with Crippen molar-refractivity contribution in [3.8, 4) is 0 Å². The van der Waals surface area contributed by atoms with Crippen molar-refractivity contribution < 1.29 is 4.79 Å². The predicted molar refractivity (Wildman–Crippen MR) is 51.5 cm³/mol. The second-order valence-electron chi connectivity index (χ2n) is 2.46. The van der Waals surface area contributed by atoms with E-state index in [0.29, 0.717) is 4.88 Å². The number of halogens is 1. The van der Waals surface area contributed by atoms with Gasteiger partial charge in [-0.05, 0) is 0 Å². The quantitative estimate of drug-likeness (QED) is 0.554. The van der Waals surface area contributed by atoms with Gasteiger partial charge in [-0.25, -0.2) is 4.98 Å². The molecule has 1 rings (SSSR count). The number of rotatable bonds is 3. The van der Waals surface area contributed by atoms with Crippen LogP contribution in [0.25, 0.3) is 0 Å². The average molecular weight is 205 g/mol. The molecule has 3 nitrogen and oxygen atoms in total. The minimum absolute atomic E-state index is 0.0229. The zero-order valence-electron chi connectivity index (χ0n) is 6.87. The molecule has 0 bridgehead atoms. The molecule has 0 fully saturated rings. The standard InChI is InChI=1S/C7H9ClN2OS/c1-10(2)7-9-4-6(12-7)5(11)3-8/h4H,3H2,1-2H3. The van der Waals surface area contributed by atoms with Gasteiger partial charge in [0.05, 0.1) is 17.0 Å². The van der Waals surface area contributed by atoms with Crippen molar-refractivity contribution in [2.45, 2.75) is 0 Å². The zero-order chi connectivity index (χ0) is 9.14. The maximum Gasteiger partial charge on any atom is 0.189 e. The molecule has 0 radical (unpaired) electrons. The Labute approximate surface area is 80.0 Å². The summed E-state index contributed by atoms with van der Waals surface area (Å²) in [6, 6.07) is 0. The summed E-state index contributed by atoms with van der Waals surface area (Å²) in [6.07, 6.45) is 1.56. The van der Waals surface area contributed by atoms with E-state index in [1.54, 1.807) is 6.20 Å². The van der Waals surface area contributed by atoms with Crippen LogP contribution in [0.1, 0.15) is 9.67 Å². The van der Waals surface area contributed by atoms with Gasteiger partial charge in [-0.1, -0.05) is 11.3 Å². The minimum atomic E-state index is -0.0673. The van der Waals surface area contributed by atoms with E-state index in [9.17, 15) is 4.79 Å². The molecule has 0 unspecified atom stereocenters. The van der Waals surface area contributed by atoms with Gasteiger partial charge in [0, 0.05) is 14.1 Å². The number of carbonyl (C=O) groups is 1. The Bertz CT molecular complexity index is 285. The van der Waals surface area contributed by atoms with E-state index in [-0.39, 0.29) is 11.7 Å². The van der Waals surface area contributed by atoms with Crippen LogP contribution in [0.5, 0.6) is 0 Å². The van der Waals surface area contributed by atoms with E-state index in [4.69, 9.17) is 11.6 Å². The topological polar surface area (TPSA) is 33.2 Å². The summed E-state index contributed by atoms with van der Waals surface area (Å²) in [5, 5.41) is 0.823. The average Bonchev–Trinajstić information content (AvgIpc) is 2.51. The summed E-state index contributed by atoms with van der Waals surface area (Å²) in [5.74, 6) is -0.0445. The SMILES string of the molecule is CN(C)c1ncc(C(=O)CCl)s1. The summed E-state index contributed by atoms with van der Waals surface area (Å²) in [4.78, 5) is 17.6. The smallest absolute Gasteiger partial charge is 0.189 e. The third-order valence-electron chi connectivity index (χ3n) is 1.27. The normalized spacial score (nSPS) is 9.92. The highest BCUT2D eigenvalue weighted by Crippen LogP contribution is 2.20. The van der Waals surface area contributed by atoms with Gasteiger partial charge in [-0.15, -0.1) is 11.6 Å². The maximum absolute atomic E-state index is 11.1. The summed E-state index contributed by atoms with van der Waals surface area (Å²) in [7, 11) is 3.77. The van der Waals surface area contributed by atoms with Crippen LogP contribution in [0.3, 0.4) is 0 Å². The predicted octanol–water partition coefficient (Wildman–Crippen LogP) is 1.63. The van der Waals surface area contributed by atoms with Crippen LogP contribution in [-0.4, -0.2) is 30.7 Å². The molecular weight excluding hydrogens is 196 g/mol. The molecule has 0 spiro atoms. The summed E-state index contributed by atoms with van der Waals surface area (Å²) >= 11 is 6.75. The van der Waals surface area contributed by atoms with Crippen LogP contribution in [-0.2, 0) is 0 Å². The Morgan fingerprint density at radius 3 is 2.83 bits per heavy atom. The van der Waals surface area contributed by atoms with Crippen molar-refractivity contribution in [2.24, 2.45) is 0 Å². The Balaban J connectivity index is 2.84. The van der Waals surface area contributed by atoms with E-state index in [2.05, 4.69) is 4.98 Å². The first kappa shape index (κ1) is 9.48. The largest absolute Gasteiger partial charge is 0.354 e. The summed E-state index contributed by atoms with van der Waals surface area (Å²) in [5.41, 5.74) is 0. The van der Waals surface area contributed by atoms with E-state index < -0.39 is 0 Å². The van der Waals surface area contributed by atoms with Gasteiger partial charge >= 0.3 is 0 Å². The number of Topliss-reactive ketones (excluding diaryl/α,β-unsaturated/α-hetero) is 1. The maximum atomic E-state index is 11.1. The number of anilines is 1. The number of thiazole rings is 1. The van der Waals surface area contributed by atoms with Crippen molar-refractivity contribution in [1.29, 1.82) is 0 Å². The first-order valence-corrected chi connectivity index (χ1v) is 4.72. The lowest BCUT2D eigenvalue weighted by atomic mass is 10.4. The highest BCUT2D eigenvalue weighted by molar-refractivity contribution is 7.17. The molecular formula is C7H9ClN2OS. The van der Waals surface area contributed by atoms with Gasteiger partial charge in [0.15, 0.2) is 10.9 Å². The second kappa shape index (κ2) is 3.87. The molecule has 0 aliphatic heterocycles. The van der Waals surface area contributed by atoms with Crippen LogP contribution >= 0.6 is 22.9 Å². The number of hydrogen-bond donors (Lipinski definition) is 0. The van der Waals surface area contributed by atoms with Gasteiger partial charge < -0.3 is 4.90 Å². The van der Waals surface area contributed by atoms with Gasteiger partial charge in [0.1, 0.15) is 0 Å². The number of aromatic nitrogens is 1. The van der Waals surface area contributed by atoms with Crippen LogP contribution in [0, 0.1) is 0 Å². The number of nitrogens with zero attached hydrogens (tertiary/aromatic N) is 2. The lowest BCUT2D eigenvalue weighted by Crippen LogP contribution is -2.07. The van der Waals surface area contributed by atoms with Gasteiger partial charge in [-0.3, -0.25) is 4.79 Å². The van der Waals surface area contributed by atoms with E-state index in [0.717, 1.165) is 5.13 Å². The summed E-state index contributed by atoms with van der Waals surface area (Å²) < 4.78 is 0. The molecule has 0 aliphatic carbocycles. The van der Waals surface area contributed by atoms with E-state index in [1.165, 1.54) is 11.3 Å². The third-order valence-corrected chi connectivity index (χ3v) is 2.72. The minimum Gasteiger partial charge on any atom is -0.354 e. The summed E-state index contributed by atoms with van der Waals surface area (Å²) in [6.45, 7) is 0. The fraction of sp³-hybridized carbons (Fsp3) is 0.429. The van der Waals surface area contributed by atoms with Gasteiger partial charge in [0.25, 0.3) is 0 Å². The Morgan fingerprint density at radius 2 is 2.42 bits per heavy atom. The van der Waals surface area contributed by atoms with Crippen molar-refractivity contribution in [2.75, 3.05) is 24.9 Å². The number of alkyl halides is 1. The van der Waals surface area contributed by atoms with E-state index >= 15 is 0 Å². The molecule has 0 atom stereocenters. The van der Waals surface area contributed by atoms with Crippen LogP contribution in [0.15, 0.2) is 6.20 Å². The molecule has 0 saturated carbocycles.